The molecule has 8 aromatic rings. The number of alkyl halides is 6. The number of rotatable bonds is 6. The van der Waals surface area contributed by atoms with Crippen molar-refractivity contribution >= 4 is 152 Å². The predicted molar refractivity (Wildman–Crippen MR) is 485 cm³/mol. The van der Waals surface area contributed by atoms with Crippen LogP contribution >= 0.6 is 88.2 Å². The number of hydrogen-bond donors (Lipinski definition) is 2. The van der Waals surface area contributed by atoms with E-state index in [-0.39, 0.29) is 87.7 Å². The summed E-state index contributed by atoms with van der Waals surface area (Å²) in [6, 6.07) is 46.0. The molecule has 1 aliphatic heterocycles. The molecular formula is C88H93Br3Cl2CuF6ILiN11O7SSn. The zero-order chi connectivity index (χ0) is 89.7. The van der Waals surface area contributed by atoms with Gasteiger partial charge in [-0.25, -0.2) is 9.05 Å². The summed E-state index contributed by atoms with van der Waals surface area (Å²) in [7, 11) is 12.1. The average Bonchev–Trinajstić information content (AvgIpc) is 1.51. The summed E-state index contributed by atoms with van der Waals surface area (Å²) < 4.78 is 108. The van der Waals surface area contributed by atoms with E-state index in [9.17, 15) is 50.8 Å². The van der Waals surface area contributed by atoms with E-state index in [4.69, 9.17) is 82.4 Å². The standard InChI is InChI=1S/C23H22BrF3N2O.C19H26BrNO2S.C9H9N.C8H3F3IN.C8H6N2O2.C8H8N2.C7H6BrNO2.C4H9.CN.CH4.2ClH.Cu.Li.Sn/c1-30-16-6-8-21(9-7-16)12-13-2-4-15(24)11-18(13)22(21)19-10-14(23(25,26)27)3-5-17(19)20(28)29-22;1-18(2,3)24(22)21-17-16-11-14(20)6-5-13(16)12-19(17)9-7-15(23-4)8-10-19;1-7-3-4-9(6-10)8(2)5-7;1-13-7-3-2-5(4-6(7)12)8(9,10)11;1-6-2-3-7(5-9)8(4-6)10(11)12;1-6-2-3-7(5-9)8(10)4-6;1-5-2-3-6(8)7(4-5)9(10)11;1-3-4-2;1-2;;;;;;/h2-5,10-11,16H,6-9,12H2,1H3,(H2,28,29);5-6,11,15H,7-10,12H2,1-4H3;3-5H,1-2H3;2-4H;2-4H,1H3;2-4H,10H2,1H3;2-4H,1H3;1,3-4H2,2H3;;1H4;2*1H;;;/q;;;;;;;2*-1;;;;2*+1;+2/p-2. The molecule has 2 fully saturated rings. The van der Waals surface area contributed by atoms with Crippen LogP contribution in [0, 0.1) is 129 Å². The number of nitrogens with zero attached hydrogens (tertiary/aromatic N) is 9. The topological polar surface area (TPSA) is 298 Å². The first-order chi connectivity index (χ1) is 56.0. The Labute approximate surface area is 793 Å². The monoisotopic (exact) mass is 2190 g/mol. The minimum absolute atomic E-state index is 0. The van der Waals surface area contributed by atoms with E-state index in [0.717, 1.165) is 142 Å². The van der Waals surface area contributed by atoms with Crippen LogP contribution in [0.1, 0.15) is 188 Å². The van der Waals surface area contributed by atoms with Gasteiger partial charge in [-0.1, -0.05) is 141 Å². The Balaban J connectivity index is 0.000000727. The van der Waals surface area contributed by atoms with Crippen LogP contribution in [-0.4, -0.2) is 75.7 Å². The van der Waals surface area contributed by atoms with Crippen molar-refractivity contribution in [3.63, 3.8) is 0 Å². The largest absolute Gasteiger partial charge is 1.00 e. The van der Waals surface area contributed by atoms with Gasteiger partial charge in [0.05, 0.1) is 71.9 Å². The fraction of sp³-hybridized carbons (Fsp3) is 0.364. The van der Waals surface area contributed by atoms with Gasteiger partial charge < -0.3 is 39.7 Å². The van der Waals surface area contributed by atoms with E-state index in [0.29, 0.717) is 42.4 Å². The third kappa shape index (κ3) is 31.1. The number of halogens is 12. The molecule has 0 amide bonds. The van der Waals surface area contributed by atoms with Gasteiger partial charge in [-0.2, -0.15) is 52.9 Å². The maximum atomic E-state index is 13.6. The van der Waals surface area contributed by atoms with E-state index in [1.54, 1.807) is 74.1 Å². The van der Waals surface area contributed by atoms with Crippen LogP contribution in [0.5, 0.6) is 0 Å². The summed E-state index contributed by atoms with van der Waals surface area (Å²) in [5.74, 6) is 0.319. The SMILES string of the molecule is C.COC1CCC2(CC1)Cc1ccc(Br)cc1C21N=C(N)c2ccc(C(F)(F)F)cc21.COC1CCC2(CC1)Cc1ccc(Br)cc1C2=NS(=O)C(C)(C)C.Cc1ccc(Br)c([N+](=O)[O-])c1.Cc1ccc(C#N)c(C)c1.Cc1ccc(C#N)c(N)c1.Cc1ccc(C#N)c([N+](=O)[O-])c1.[C-]#N.[C-]#[N+]c1ccc(C(F)(F)F)cc1I.[CH2-]CCC.[Cl][Sn][Cl].[Cu+].[Li+]. The quantitative estimate of drug-likeness (QED) is 0.0298. The fourth-order valence-corrected chi connectivity index (χ4v) is 16.3. The molecule has 3 spiro atoms. The molecule has 2 unspecified atom stereocenters. The van der Waals surface area contributed by atoms with Crippen LogP contribution in [0.25, 0.3) is 4.85 Å². The first-order valence-corrected chi connectivity index (χ1v) is 48.5. The van der Waals surface area contributed by atoms with Crippen molar-refractivity contribution in [3.8, 4) is 18.2 Å². The number of benzene rings is 8. The summed E-state index contributed by atoms with van der Waals surface area (Å²) in [6.45, 7) is 32.6. The molecule has 2 radical (unpaired) electrons. The summed E-state index contributed by atoms with van der Waals surface area (Å²) in [5.41, 5.74) is 23.4. The molecule has 2 atom stereocenters. The number of fused-ring (bicyclic) bond motifs is 6. The molecule has 4 N–H and O–H groups in total. The van der Waals surface area contributed by atoms with E-state index in [2.05, 4.69) is 96.8 Å². The van der Waals surface area contributed by atoms with Gasteiger partial charge in [0.15, 0.2) is 5.69 Å². The number of anilines is 1. The Bertz CT molecular complexity index is 5120. The van der Waals surface area contributed by atoms with Crippen LogP contribution in [0.4, 0.5) is 49.1 Å². The van der Waals surface area contributed by atoms with Crippen molar-refractivity contribution < 1.29 is 85.8 Å². The maximum absolute atomic E-state index is 13.6. The Hall–Kier alpha value is -6.73. The van der Waals surface area contributed by atoms with E-state index >= 15 is 0 Å². The first kappa shape index (κ1) is 113. The van der Waals surface area contributed by atoms with Crippen LogP contribution in [0.2, 0.25) is 0 Å². The molecule has 2 saturated carbocycles. The maximum Gasteiger partial charge on any atom is 1.00 e. The minimum atomic E-state index is -4.42. The summed E-state index contributed by atoms with van der Waals surface area (Å²) in [4.78, 5) is 27.8. The number of amidine groups is 1. The number of unbranched alkanes of at least 4 members (excludes halogenated alkanes) is 1. The van der Waals surface area contributed by atoms with Crippen molar-refractivity contribution in [3.05, 3.63) is 297 Å². The molecule has 0 aromatic heterocycles. The van der Waals surface area contributed by atoms with Crippen LogP contribution in [0.15, 0.2) is 168 Å². The van der Waals surface area contributed by atoms with Gasteiger partial charge in [0.1, 0.15) is 40.1 Å². The van der Waals surface area contributed by atoms with Gasteiger partial charge in [0, 0.05) is 66.5 Å². The van der Waals surface area contributed by atoms with Crippen LogP contribution in [0.3, 0.4) is 0 Å². The molecule has 0 saturated heterocycles. The van der Waals surface area contributed by atoms with Gasteiger partial charge in [-0.05, 0) is 253 Å². The van der Waals surface area contributed by atoms with E-state index < -0.39 is 68.7 Å². The normalized spacial score (nSPS) is 18.0. The summed E-state index contributed by atoms with van der Waals surface area (Å²) in [6.07, 6.45) is 3.39. The predicted octanol–water partition coefficient (Wildman–Crippen LogP) is 22.7. The number of aryl methyl sites for hydroxylation is 5. The third-order valence-electron chi connectivity index (χ3n) is 19.9. The second-order valence-electron chi connectivity index (χ2n) is 29.1. The smallest absolute Gasteiger partial charge is 1.00 e. The van der Waals surface area contributed by atoms with Crippen molar-refractivity contribution in [2.75, 3.05) is 20.0 Å². The number of nitrogens with two attached hydrogens (primary N) is 2. The first-order valence-electron chi connectivity index (χ1n) is 36.7. The van der Waals surface area contributed by atoms with Gasteiger partial charge in [0.2, 0.25) is 0 Å². The number of nitrogen functional groups attached to an aromatic ring is 1. The average molecular weight is 2190 g/mol. The molecule has 648 valence electrons. The van der Waals surface area contributed by atoms with Crippen molar-refractivity contribution in [2.24, 2.45) is 26.0 Å². The number of aliphatic imine (C=N–C) groups is 1. The summed E-state index contributed by atoms with van der Waals surface area (Å²) in [5, 5.41) is 52.5. The molecule has 1 heterocycles. The molecule has 0 bridgehead atoms. The Morgan fingerprint density at radius 2 is 1.11 bits per heavy atom. The molecule has 8 aromatic carbocycles. The van der Waals surface area contributed by atoms with Gasteiger partial charge in [-0.3, -0.25) is 25.2 Å². The molecule has 18 nitrogen and oxygen atoms in total. The van der Waals surface area contributed by atoms with E-state index in [1.807, 2.05) is 97.0 Å². The number of hydrogen-bond acceptors (Lipinski definition) is 14. The molecule has 4 aliphatic carbocycles. The molecule has 122 heavy (non-hydrogen) atoms. The van der Waals surface area contributed by atoms with Gasteiger partial charge in [0.25, 0.3) is 11.4 Å². The van der Waals surface area contributed by atoms with E-state index in [1.165, 1.54) is 59.5 Å². The second kappa shape index (κ2) is 52.4. The number of nitriles is 3. The fourth-order valence-electron chi connectivity index (χ4n) is 13.9. The minimum Gasteiger partial charge on any atom is 1.00 e. The molecule has 13 rings (SSSR count). The van der Waals surface area contributed by atoms with Gasteiger partial charge >= 0.3 is 85.0 Å². The summed E-state index contributed by atoms with van der Waals surface area (Å²) >= 11 is 11.1. The number of methoxy groups -OCH3 is 2. The second-order valence-corrected chi connectivity index (χ2v) is 39.1. The Morgan fingerprint density at radius 3 is 1.57 bits per heavy atom. The Morgan fingerprint density at radius 1 is 0.664 bits per heavy atom. The molecule has 5 aliphatic rings. The van der Waals surface area contributed by atoms with Crippen molar-refractivity contribution in [1.82, 2.24) is 0 Å². The van der Waals surface area contributed by atoms with Crippen molar-refractivity contribution in [1.29, 1.82) is 21.0 Å². The zero-order valence-electron chi connectivity index (χ0n) is 68.5. The number of ether oxygens (including phenoxy) is 2. The van der Waals surface area contributed by atoms with Crippen LogP contribution < -0.4 is 30.3 Å². The van der Waals surface area contributed by atoms with Crippen LogP contribution in [-0.2, 0) is 68.3 Å². The third-order valence-corrected chi connectivity index (χ3v) is 23.8. The number of nitro groups is 2. The molecule has 34 heteroatoms. The van der Waals surface area contributed by atoms with Crippen molar-refractivity contribution in [2.45, 2.75) is 182 Å². The zero-order valence-corrected chi connectivity index (χ0v) is 81.5. The van der Waals surface area contributed by atoms with Gasteiger partial charge in [-0.15, -0.1) is 0 Å². The molecular weight excluding hydrogens is 2100 g/mol. The number of nitro benzene ring substituents is 2. The Kier molecular flexibility index (Phi) is 48.6.